The van der Waals surface area contributed by atoms with E-state index in [1.54, 1.807) is 13.2 Å². The van der Waals surface area contributed by atoms with E-state index < -0.39 is 18.7 Å². The Labute approximate surface area is 231 Å². The fourth-order valence-electron chi connectivity index (χ4n) is 5.01. The third kappa shape index (κ3) is 7.66. The summed E-state index contributed by atoms with van der Waals surface area (Å²) in [5.74, 6) is 0.841. The Morgan fingerprint density at radius 1 is 1.18 bits per heavy atom. The molecule has 0 bridgehead atoms. The number of piperidine rings is 1. The number of anilines is 1. The van der Waals surface area contributed by atoms with Crippen LogP contribution < -0.4 is 21.1 Å². The lowest BCUT2D eigenvalue weighted by molar-refractivity contribution is -0.132. The van der Waals surface area contributed by atoms with Crippen LogP contribution in [0.25, 0.3) is 11.0 Å². The molecule has 1 aliphatic rings. The van der Waals surface area contributed by atoms with Crippen molar-refractivity contribution in [3.05, 3.63) is 54.4 Å². The molecule has 4 rings (SSSR count). The minimum atomic E-state index is -3.02. The molecule has 0 radical (unpaired) electrons. The third-order valence-corrected chi connectivity index (χ3v) is 6.87. The van der Waals surface area contributed by atoms with Crippen LogP contribution in [0.1, 0.15) is 37.4 Å². The number of alkyl halides is 2. The van der Waals surface area contributed by atoms with Crippen molar-refractivity contribution >= 4 is 28.7 Å². The largest absolute Gasteiger partial charge is 0.433 e. The van der Waals surface area contributed by atoms with Crippen LogP contribution in [0.15, 0.2) is 48.5 Å². The maximum absolute atomic E-state index is 13.1. The number of methoxy groups -OCH3 is 1. The van der Waals surface area contributed by atoms with Gasteiger partial charge in [0, 0.05) is 58.3 Å². The van der Waals surface area contributed by atoms with Gasteiger partial charge in [0.05, 0.1) is 16.7 Å². The van der Waals surface area contributed by atoms with Gasteiger partial charge in [-0.2, -0.15) is 8.78 Å². The first kappa shape index (κ1) is 29.2. The van der Waals surface area contributed by atoms with Crippen LogP contribution in [-0.4, -0.2) is 72.4 Å². The topological polar surface area (TPSA) is 124 Å². The molecule has 12 heteroatoms. The standard InChI is InChI=1S/C28H36F2N6O4/c1-39-15-7-14-36-23-11-4-2-9-21(23)33-26(36)19-8-6-13-35(18-19)25(37)16-20(31)17-32-28(38)34-22-10-3-5-12-24(22)40-27(29)30/h2-5,9-12,19-20,27H,6-8,13-18,31H2,1H3,(H2,32,34,38). The fourth-order valence-corrected chi connectivity index (χ4v) is 5.01. The maximum atomic E-state index is 13.1. The van der Waals surface area contributed by atoms with Gasteiger partial charge >= 0.3 is 12.6 Å². The van der Waals surface area contributed by atoms with Crippen LogP contribution in [0.5, 0.6) is 5.75 Å². The lowest BCUT2D eigenvalue weighted by Crippen LogP contribution is -2.45. The van der Waals surface area contributed by atoms with Gasteiger partial charge in [0.15, 0.2) is 0 Å². The number of hydrogen-bond acceptors (Lipinski definition) is 6. The van der Waals surface area contributed by atoms with Crippen LogP contribution in [0.4, 0.5) is 19.3 Å². The summed E-state index contributed by atoms with van der Waals surface area (Å²) in [4.78, 5) is 32.2. The van der Waals surface area contributed by atoms with Crippen molar-refractivity contribution < 1.29 is 27.8 Å². The van der Waals surface area contributed by atoms with Gasteiger partial charge < -0.3 is 35.3 Å². The van der Waals surface area contributed by atoms with E-state index in [1.165, 1.54) is 18.2 Å². The summed E-state index contributed by atoms with van der Waals surface area (Å²) in [7, 11) is 1.69. The average Bonchev–Trinajstić information content (AvgIpc) is 3.31. The van der Waals surface area contributed by atoms with E-state index in [0.29, 0.717) is 19.7 Å². The van der Waals surface area contributed by atoms with Gasteiger partial charge in [0.1, 0.15) is 11.6 Å². The Morgan fingerprint density at radius 3 is 2.75 bits per heavy atom. The third-order valence-electron chi connectivity index (χ3n) is 6.87. The molecule has 1 fully saturated rings. The number of aromatic nitrogens is 2. The minimum Gasteiger partial charge on any atom is -0.433 e. The number of para-hydroxylation sites is 4. The number of likely N-dealkylation sites (tertiary alicyclic amines) is 1. The Hall–Kier alpha value is -3.77. The zero-order chi connectivity index (χ0) is 28.5. The predicted octanol–water partition coefficient (Wildman–Crippen LogP) is 3.92. The number of fused-ring (bicyclic) bond motifs is 1. The summed E-state index contributed by atoms with van der Waals surface area (Å²) >= 11 is 0. The highest BCUT2D eigenvalue weighted by Gasteiger charge is 2.29. The molecule has 0 aliphatic carbocycles. The second-order valence-corrected chi connectivity index (χ2v) is 9.81. The lowest BCUT2D eigenvalue weighted by Gasteiger charge is -2.33. The number of rotatable bonds is 12. The summed E-state index contributed by atoms with van der Waals surface area (Å²) in [6.45, 7) is -0.363. The highest BCUT2D eigenvalue weighted by Crippen LogP contribution is 2.30. The smallest absolute Gasteiger partial charge is 0.387 e. The van der Waals surface area contributed by atoms with Crippen molar-refractivity contribution in [2.45, 2.75) is 50.8 Å². The normalized spacial score (nSPS) is 16.2. The Balaban J connectivity index is 1.31. The first-order valence-electron chi connectivity index (χ1n) is 13.4. The molecule has 0 saturated carbocycles. The number of benzene rings is 2. The van der Waals surface area contributed by atoms with Gasteiger partial charge in [0.2, 0.25) is 5.91 Å². The highest BCUT2D eigenvalue weighted by molar-refractivity contribution is 5.91. The Kier molecular flexibility index (Phi) is 10.3. The van der Waals surface area contributed by atoms with E-state index in [0.717, 1.165) is 42.7 Å². The molecule has 1 saturated heterocycles. The first-order valence-corrected chi connectivity index (χ1v) is 13.4. The number of nitrogens with two attached hydrogens (primary N) is 1. The molecule has 3 amide bonds. The second-order valence-electron chi connectivity index (χ2n) is 9.81. The number of carbonyl (C=O) groups excluding carboxylic acids is 2. The molecule has 2 aromatic carbocycles. The minimum absolute atomic E-state index is 0.0298. The number of urea groups is 1. The molecule has 4 N–H and O–H groups in total. The summed E-state index contributed by atoms with van der Waals surface area (Å²) in [5, 5.41) is 5.06. The molecule has 0 spiro atoms. The summed E-state index contributed by atoms with van der Waals surface area (Å²) < 4.78 is 37.1. The fraction of sp³-hybridized carbons (Fsp3) is 0.464. The van der Waals surface area contributed by atoms with E-state index in [-0.39, 0.29) is 36.2 Å². The van der Waals surface area contributed by atoms with Gasteiger partial charge in [-0.25, -0.2) is 9.78 Å². The maximum Gasteiger partial charge on any atom is 0.387 e. The van der Waals surface area contributed by atoms with E-state index in [2.05, 4.69) is 26.0 Å². The predicted molar refractivity (Wildman–Crippen MR) is 147 cm³/mol. The average molecular weight is 559 g/mol. The van der Waals surface area contributed by atoms with Crippen LogP contribution >= 0.6 is 0 Å². The highest BCUT2D eigenvalue weighted by atomic mass is 19.3. The van der Waals surface area contributed by atoms with Crippen LogP contribution in [0.3, 0.4) is 0 Å². The number of ether oxygens (including phenoxy) is 2. The molecule has 3 aromatic rings. The number of nitrogens with zero attached hydrogens (tertiary/aromatic N) is 3. The van der Waals surface area contributed by atoms with E-state index in [9.17, 15) is 18.4 Å². The molecule has 40 heavy (non-hydrogen) atoms. The summed E-state index contributed by atoms with van der Waals surface area (Å²) in [6.07, 6.45) is 2.71. The number of imidazole rings is 1. The van der Waals surface area contributed by atoms with Crippen molar-refractivity contribution in [2.24, 2.45) is 5.73 Å². The van der Waals surface area contributed by atoms with Crippen molar-refractivity contribution in [3.8, 4) is 5.75 Å². The molecule has 2 unspecified atom stereocenters. The molecule has 2 atom stereocenters. The van der Waals surface area contributed by atoms with Crippen LogP contribution in [0.2, 0.25) is 0 Å². The van der Waals surface area contributed by atoms with E-state index >= 15 is 0 Å². The SMILES string of the molecule is COCCCn1c(C2CCCN(C(=O)CC(N)CNC(=O)Nc3ccccc3OC(F)F)C2)nc2ccccc21. The number of halogens is 2. The van der Waals surface area contributed by atoms with Crippen LogP contribution in [-0.2, 0) is 16.1 Å². The molecule has 1 aromatic heterocycles. The first-order chi connectivity index (χ1) is 19.4. The van der Waals surface area contributed by atoms with Gasteiger partial charge in [-0.15, -0.1) is 0 Å². The van der Waals surface area contributed by atoms with Crippen LogP contribution in [0, 0.1) is 0 Å². The van der Waals surface area contributed by atoms with Crippen molar-refractivity contribution in [3.63, 3.8) is 0 Å². The van der Waals surface area contributed by atoms with Gasteiger partial charge in [0.25, 0.3) is 0 Å². The van der Waals surface area contributed by atoms with E-state index in [4.69, 9.17) is 15.5 Å². The van der Waals surface area contributed by atoms with Crippen molar-refractivity contribution in [2.75, 3.05) is 38.7 Å². The summed E-state index contributed by atoms with van der Waals surface area (Å²) in [5.41, 5.74) is 8.27. The molecule has 2 heterocycles. The summed E-state index contributed by atoms with van der Waals surface area (Å²) in [6, 6.07) is 12.7. The second kappa shape index (κ2) is 14.0. The van der Waals surface area contributed by atoms with Crippen molar-refractivity contribution in [1.29, 1.82) is 0 Å². The number of carbonyl (C=O) groups is 2. The van der Waals surface area contributed by atoms with E-state index in [1.807, 2.05) is 23.1 Å². The molecular weight excluding hydrogens is 522 g/mol. The molecular formula is C28H36F2N6O4. The zero-order valence-corrected chi connectivity index (χ0v) is 22.5. The van der Waals surface area contributed by atoms with Crippen molar-refractivity contribution in [1.82, 2.24) is 19.8 Å². The molecule has 216 valence electrons. The molecule has 10 nitrogen and oxygen atoms in total. The Morgan fingerprint density at radius 2 is 1.95 bits per heavy atom. The number of nitrogens with one attached hydrogen (secondary N) is 2. The van der Waals surface area contributed by atoms with Gasteiger partial charge in [-0.3, -0.25) is 4.79 Å². The van der Waals surface area contributed by atoms with Gasteiger partial charge in [-0.05, 0) is 43.5 Å². The quantitative estimate of drug-likeness (QED) is 0.290. The zero-order valence-electron chi connectivity index (χ0n) is 22.5. The number of hydrogen-bond donors (Lipinski definition) is 3. The lowest BCUT2D eigenvalue weighted by atomic mass is 9.96. The monoisotopic (exact) mass is 558 g/mol. The number of amides is 3. The Bertz CT molecular complexity index is 1290. The number of aryl methyl sites for hydroxylation is 1. The molecule has 1 aliphatic heterocycles. The van der Waals surface area contributed by atoms with Gasteiger partial charge in [-0.1, -0.05) is 24.3 Å².